The van der Waals surface area contributed by atoms with Crippen molar-refractivity contribution in [3.05, 3.63) is 34.1 Å². The molecule has 1 saturated heterocycles. The predicted molar refractivity (Wildman–Crippen MR) is 85.3 cm³/mol. The summed E-state index contributed by atoms with van der Waals surface area (Å²) in [5.41, 5.74) is 1.17. The molecule has 1 unspecified atom stereocenters. The third-order valence-electron chi connectivity index (χ3n) is 3.87. The zero-order valence-corrected chi connectivity index (χ0v) is 13.8. The molecule has 0 saturated carbocycles. The highest BCUT2D eigenvalue weighted by Gasteiger charge is 2.20. The molecule has 112 valence electrons. The normalized spacial score (nSPS) is 20.2. The van der Waals surface area contributed by atoms with Crippen LogP contribution in [0.15, 0.2) is 22.7 Å². The third kappa shape index (κ3) is 4.83. The molecule has 0 bridgehead atoms. The van der Waals surface area contributed by atoms with Gasteiger partial charge in [-0.1, -0.05) is 28.9 Å². The van der Waals surface area contributed by atoms with E-state index in [1.165, 1.54) is 24.8 Å². The van der Waals surface area contributed by atoms with Crippen LogP contribution in [0.25, 0.3) is 0 Å². The molecule has 1 atom stereocenters. The predicted octanol–water partition coefficient (Wildman–Crippen LogP) is 3.80. The van der Waals surface area contributed by atoms with E-state index < -0.39 is 0 Å². The van der Waals surface area contributed by atoms with Gasteiger partial charge in [0.25, 0.3) is 0 Å². The van der Waals surface area contributed by atoms with Gasteiger partial charge in [0.05, 0.1) is 0 Å². The van der Waals surface area contributed by atoms with E-state index in [-0.39, 0.29) is 5.82 Å². The van der Waals surface area contributed by atoms with Crippen LogP contribution >= 0.6 is 15.9 Å². The quantitative estimate of drug-likeness (QED) is 0.791. The molecule has 20 heavy (non-hydrogen) atoms. The Hall–Kier alpha value is -0.450. The summed E-state index contributed by atoms with van der Waals surface area (Å²) in [6.45, 7) is 7.63. The topological polar surface area (TPSA) is 15.3 Å². The molecule has 4 heteroatoms. The van der Waals surface area contributed by atoms with Crippen LogP contribution in [0, 0.1) is 11.7 Å². The molecule has 1 aliphatic heterocycles. The Morgan fingerprint density at radius 2 is 2.30 bits per heavy atom. The molecule has 0 aliphatic carbocycles. The van der Waals surface area contributed by atoms with Gasteiger partial charge in [-0.2, -0.15) is 0 Å². The summed E-state index contributed by atoms with van der Waals surface area (Å²) < 4.78 is 14.0. The number of likely N-dealkylation sites (tertiary alicyclic amines) is 1. The van der Waals surface area contributed by atoms with Crippen molar-refractivity contribution in [1.82, 2.24) is 10.2 Å². The van der Waals surface area contributed by atoms with E-state index in [1.54, 1.807) is 12.1 Å². The number of hydrogen-bond donors (Lipinski definition) is 1. The van der Waals surface area contributed by atoms with Gasteiger partial charge in [-0.3, -0.25) is 4.90 Å². The van der Waals surface area contributed by atoms with E-state index in [0.717, 1.165) is 43.1 Å². The van der Waals surface area contributed by atoms with Crippen LogP contribution in [0.2, 0.25) is 0 Å². The number of piperidine rings is 1. The molecule has 1 aromatic rings. The first-order valence-electron chi connectivity index (χ1n) is 7.56. The van der Waals surface area contributed by atoms with Gasteiger partial charge in [-0.15, -0.1) is 0 Å². The molecular weight excluding hydrogens is 319 g/mol. The van der Waals surface area contributed by atoms with Crippen LogP contribution < -0.4 is 5.32 Å². The van der Waals surface area contributed by atoms with Crippen molar-refractivity contribution in [1.29, 1.82) is 0 Å². The third-order valence-corrected chi connectivity index (χ3v) is 4.61. The lowest BCUT2D eigenvalue weighted by Gasteiger charge is -2.33. The standard InChI is InChI=1S/C16H24BrFN2/c1-2-7-19-10-13-4-3-8-20(11-13)12-14-5-6-15(18)9-16(14)17/h5-6,9,13,19H,2-4,7-8,10-12H2,1H3. The molecule has 0 spiro atoms. The van der Waals surface area contributed by atoms with E-state index in [9.17, 15) is 4.39 Å². The Labute approximate surface area is 129 Å². The van der Waals surface area contributed by atoms with E-state index in [4.69, 9.17) is 0 Å². The summed E-state index contributed by atoms with van der Waals surface area (Å²) in [6, 6.07) is 4.99. The second kappa shape index (κ2) is 8.11. The summed E-state index contributed by atoms with van der Waals surface area (Å²) in [6.07, 6.45) is 3.77. The SMILES string of the molecule is CCCNCC1CCCN(Cc2ccc(F)cc2Br)C1. The maximum atomic E-state index is 13.1. The molecule has 1 aromatic carbocycles. The Morgan fingerprint density at radius 1 is 1.45 bits per heavy atom. The van der Waals surface area contributed by atoms with Gasteiger partial charge in [-0.05, 0) is 62.5 Å². The van der Waals surface area contributed by atoms with E-state index >= 15 is 0 Å². The van der Waals surface area contributed by atoms with E-state index in [0.29, 0.717) is 0 Å². The Bertz CT molecular complexity index is 425. The maximum absolute atomic E-state index is 13.1. The number of nitrogens with one attached hydrogen (secondary N) is 1. The molecule has 0 radical (unpaired) electrons. The lowest BCUT2D eigenvalue weighted by molar-refractivity contribution is 0.165. The number of benzene rings is 1. The van der Waals surface area contributed by atoms with Crippen molar-refractivity contribution in [2.24, 2.45) is 5.92 Å². The first kappa shape index (κ1) is 15.9. The molecule has 1 N–H and O–H groups in total. The summed E-state index contributed by atoms with van der Waals surface area (Å²) >= 11 is 3.46. The molecular formula is C16H24BrFN2. The number of rotatable bonds is 6. The van der Waals surface area contributed by atoms with Crippen LogP contribution in [0.1, 0.15) is 31.7 Å². The summed E-state index contributed by atoms with van der Waals surface area (Å²) in [4.78, 5) is 2.49. The fourth-order valence-electron chi connectivity index (χ4n) is 2.84. The number of hydrogen-bond acceptors (Lipinski definition) is 2. The number of nitrogens with zero attached hydrogens (tertiary/aromatic N) is 1. The second-order valence-electron chi connectivity index (χ2n) is 5.68. The Kier molecular flexibility index (Phi) is 6.46. The van der Waals surface area contributed by atoms with Crippen LogP contribution in [-0.4, -0.2) is 31.1 Å². The van der Waals surface area contributed by atoms with Crippen LogP contribution in [-0.2, 0) is 6.54 Å². The second-order valence-corrected chi connectivity index (χ2v) is 6.54. The molecule has 0 amide bonds. The Morgan fingerprint density at radius 3 is 3.05 bits per heavy atom. The lowest BCUT2D eigenvalue weighted by atomic mass is 9.97. The average Bonchev–Trinajstić information content (AvgIpc) is 2.43. The van der Waals surface area contributed by atoms with Crippen molar-refractivity contribution in [2.45, 2.75) is 32.7 Å². The summed E-state index contributed by atoms with van der Waals surface area (Å²) in [5, 5.41) is 3.52. The summed E-state index contributed by atoms with van der Waals surface area (Å²) in [7, 11) is 0. The van der Waals surface area contributed by atoms with Crippen molar-refractivity contribution in [3.8, 4) is 0 Å². The van der Waals surface area contributed by atoms with Crippen LogP contribution in [0.3, 0.4) is 0 Å². The highest BCUT2D eigenvalue weighted by atomic mass is 79.9. The van der Waals surface area contributed by atoms with Gasteiger partial charge in [0.15, 0.2) is 0 Å². The molecule has 2 nitrogen and oxygen atoms in total. The first-order chi connectivity index (χ1) is 9.69. The summed E-state index contributed by atoms with van der Waals surface area (Å²) in [5.74, 6) is 0.565. The van der Waals surface area contributed by atoms with Gasteiger partial charge in [0.2, 0.25) is 0 Å². The zero-order valence-electron chi connectivity index (χ0n) is 12.2. The average molecular weight is 343 g/mol. The zero-order chi connectivity index (χ0) is 14.4. The van der Waals surface area contributed by atoms with Crippen molar-refractivity contribution in [3.63, 3.8) is 0 Å². The van der Waals surface area contributed by atoms with Crippen molar-refractivity contribution in [2.75, 3.05) is 26.2 Å². The molecule has 0 aromatic heterocycles. The number of halogens is 2. The lowest BCUT2D eigenvalue weighted by Crippen LogP contribution is -2.39. The molecule has 1 heterocycles. The van der Waals surface area contributed by atoms with Gasteiger partial charge in [-0.25, -0.2) is 4.39 Å². The van der Waals surface area contributed by atoms with Gasteiger partial charge < -0.3 is 5.32 Å². The Balaban J connectivity index is 1.86. The van der Waals surface area contributed by atoms with Crippen molar-refractivity contribution >= 4 is 15.9 Å². The van der Waals surface area contributed by atoms with Crippen LogP contribution in [0.4, 0.5) is 4.39 Å². The highest BCUT2D eigenvalue weighted by molar-refractivity contribution is 9.10. The molecule has 2 rings (SSSR count). The van der Waals surface area contributed by atoms with Gasteiger partial charge in [0, 0.05) is 17.6 Å². The minimum absolute atomic E-state index is 0.180. The van der Waals surface area contributed by atoms with Crippen molar-refractivity contribution < 1.29 is 4.39 Å². The molecule has 1 fully saturated rings. The smallest absolute Gasteiger partial charge is 0.124 e. The fourth-order valence-corrected chi connectivity index (χ4v) is 3.31. The first-order valence-corrected chi connectivity index (χ1v) is 8.35. The molecule has 1 aliphatic rings. The minimum atomic E-state index is -0.180. The minimum Gasteiger partial charge on any atom is -0.316 e. The largest absolute Gasteiger partial charge is 0.316 e. The monoisotopic (exact) mass is 342 g/mol. The van der Waals surface area contributed by atoms with Gasteiger partial charge in [0.1, 0.15) is 5.82 Å². The fraction of sp³-hybridized carbons (Fsp3) is 0.625. The highest BCUT2D eigenvalue weighted by Crippen LogP contribution is 2.23. The maximum Gasteiger partial charge on any atom is 0.124 e. The van der Waals surface area contributed by atoms with E-state index in [1.807, 2.05) is 6.07 Å². The van der Waals surface area contributed by atoms with E-state index in [2.05, 4.69) is 33.1 Å². The van der Waals surface area contributed by atoms with Crippen LogP contribution in [0.5, 0.6) is 0 Å². The van der Waals surface area contributed by atoms with Gasteiger partial charge >= 0.3 is 0 Å².